The molecule has 0 bridgehead atoms. The van der Waals surface area contributed by atoms with E-state index in [4.69, 9.17) is 0 Å². The predicted octanol–water partition coefficient (Wildman–Crippen LogP) is 3.63. The molecule has 0 aliphatic carbocycles. The van der Waals surface area contributed by atoms with Crippen LogP contribution in [-0.2, 0) is 11.2 Å². The normalized spacial score (nSPS) is 12.9. The maximum Gasteiger partial charge on any atom is 0.250 e. The molecule has 1 aliphatic heterocycles. The summed E-state index contributed by atoms with van der Waals surface area (Å²) >= 11 is 0. The molecule has 96 valence electrons. The summed E-state index contributed by atoms with van der Waals surface area (Å²) in [6.45, 7) is 4.00. The molecule has 0 aromatic heterocycles. The molecule has 0 fully saturated rings. The van der Waals surface area contributed by atoms with Gasteiger partial charge in [-0.15, -0.1) is 0 Å². The average Bonchev–Trinajstić information content (AvgIpc) is 2.49. The summed E-state index contributed by atoms with van der Waals surface area (Å²) < 4.78 is 0. The number of hydrogen-bond acceptors (Lipinski definition) is 1. The third-order valence-electron chi connectivity index (χ3n) is 2.90. The highest BCUT2D eigenvalue weighted by molar-refractivity contribution is 6.19. The molecule has 1 amide bonds. The van der Waals surface area contributed by atoms with Crippen molar-refractivity contribution in [3.05, 3.63) is 71.3 Å². The minimum atomic E-state index is -0.0671. The Morgan fingerprint density at radius 1 is 0.895 bits per heavy atom. The van der Waals surface area contributed by atoms with E-state index in [2.05, 4.69) is 4.99 Å². The number of benzene rings is 2. The summed E-state index contributed by atoms with van der Waals surface area (Å²) in [5.41, 5.74) is 3.91. The van der Waals surface area contributed by atoms with Gasteiger partial charge in [0, 0.05) is 11.1 Å². The van der Waals surface area contributed by atoms with Crippen LogP contribution in [0.5, 0.6) is 0 Å². The van der Waals surface area contributed by atoms with Gasteiger partial charge in [-0.05, 0) is 5.56 Å². The number of aliphatic imine (C=N–C) groups is 1. The average molecular weight is 251 g/mol. The van der Waals surface area contributed by atoms with E-state index in [0.717, 1.165) is 22.4 Å². The number of fused-ring (bicyclic) bond motifs is 1. The molecule has 0 saturated carbocycles. The third kappa shape index (κ3) is 2.79. The van der Waals surface area contributed by atoms with Gasteiger partial charge in [0.2, 0.25) is 0 Å². The van der Waals surface area contributed by atoms with E-state index in [9.17, 15) is 4.79 Å². The van der Waals surface area contributed by atoms with E-state index in [1.165, 1.54) is 0 Å². The minimum absolute atomic E-state index is 0.0671. The number of rotatable bonds is 1. The van der Waals surface area contributed by atoms with Crippen LogP contribution in [0.25, 0.3) is 0 Å². The van der Waals surface area contributed by atoms with E-state index >= 15 is 0 Å². The summed E-state index contributed by atoms with van der Waals surface area (Å²) in [5, 5.41) is 0. The van der Waals surface area contributed by atoms with Crippen molar-refractivity contribution < 1.29 is 4.79 Å². The smallest absolute Gasteiger partial charge is 0.250 e. The largest absolute Gasteiger partial charge is 0.272 e. The molecule has 19 heavy (non-hydrogen) atoms. The second-order valence-electron chi connectivity index (χ2n) is 4.05. The monoisotopic (exact) mass is 251 g/mol. The maximum atomic E-state index is 11.6. The molecule has 2 aromatic rings. The molecule has 2 heteroatoms. The van der Waals surface area contributed by atoms with Crippen molar-refractivity contribution in [1.82, 2.24) is 0 Å². The Balaban J connectivity index is 0.000000637. The highest BCUT2D eigenvalue weighted by Crippen LogP contribution is 2.20. The van der Waals surface area contributed by atoms with Gasteiger partial charge in [-0.25, -0.2) is 4.99 Å². The lowest BCUT2D eigenvalue weighted by atomic mass is 9.93. The fourth-order valence-corrected chi connectivity index (χ4v) is 2.11. The van der Waals surface area contributed by atoms with Crippen molar-refractivity contribution in [2.24, 2.45) is 4.99 Å². The van der Waals surface area contributed by atoms with Crippen molar-refractivity contribution in [2.45, 2.75) is 20.3 Å². The first-order valence-electron chi connectivity index (χ1n) is 6.60. The molecular formula is C17H17NO. The fourth-order valence-electron chi connectivity index (χ4n) is 2.11. The van der Waals surface area contributed by atoms with Gasteiger partial charge in [0.1, 0.15) is 0 Å². The Morgan fingerprint density at radius 3 is 2.26 bits per heavy atom. The summed E-state index contributed by atoms with van der Waals surface area (Å²) in [6, 6.07) is 17.8. The highest BCUT2D eigenvalue weighted by atomic mass is 16.1. The minimum Gasteiger partial charge on any atom is -0.272 e. The Hall–Kier alpha value is -2.22. The number of hydrogen-bond donors (Lipinski definition) is 0. The first kappa shape index (κ1) is 13.2. The van der Waals surface area contributed by atoms with Crippen LogP contribution in [0.2, 0.25) is 0 Å². The molecule has 1 aliphatic rings. The highest BCUT2D eigenvalue weighted by Gasteiger charge is 2.19. The fraction of sp³-hybridized carbons (Fsp3) is 0.176. The van der Waals surface area contributed by atoms with Crippen LogP contribution >= 0.6 is 0 Å². The third-order valence-corrected chi connectivity index (χ3v) is 2.90. The Morgan fingerprint density at radius 2 is 1.53 bits per heavy atom. The Kier molecular flexibility index (Phi) is 4.24. The number of carbonyl (C=O) groups is 1. The molecule has 0 saturated heterocycles. The summed E-state index contributed by atoms with van der Waals surface area (Å²) in [5.74, 6) is -0.0671. The first-order chi connectivity index (χ1) is 9.34. The summed E-state index contributed by atoms with van der Waals surface area (Å²) in [7, 11) is 0. The van der Waals surface area contributed by atoms with Crippen molar-refractivity contribution in [1.29, 1.82) is 0 Å². The van der Waals surface area contributed by atoms with Crippen molar-refractivity contribution in [3.8, 4) is 0 Å². The molecule has 0 spiro atoms. The lowest BCUT2D eigenvalue weighted by Crippen LogP contribution is -2.17. The van der Waals surface area contributed by atoms with Crippen LogP contribution in [0.3, 0.4) is 0 Å². The molecule has 0 N–H and O–H groups in total. The van der Waals surface area contributed by atoms with Gasteiger partial charge in [0.05, 0.1) is 12.1 Å². The Bertz CT molecular complexity index is 600. The van der Waals surface area contributed by atoms with Gasteiger partial charge >= 0.3 is 0 Å². The first-order valence-corrected chi connectivity index (χ1v) is 6.60. The zero-order valence-electron chi connectivity index (χ0n) is 11.3. The number of carbonyl (C=O) groups excluding carboxylic acids is 1. The van der Waals surface area contributed by atoms with Gasteiger partial charge in [-0.1, -0.05) is 68.4 Å². The van der Waals surface area contributed by atoms with E-state index in [1.54, 1.807) is 0 Å². The predicted molar refractivity (Wildman–Crippen MR) is 78.6 cm³/mol. The molecule has 1 heterocycles. The Labute approximate surface area is 113 Å². The van der Waals surface area contributed by atoms with Gasteiger partial charge in [0.15, 0.2) is 0 Å². The molecular weight excluding hydrogens is 234 g/mol. The zero-order chi connectivity index (χ0) is 13.7. The van der Waals surface area contributed by atoms with Crippen LogP contribution in [-0.4, -0.2) is 11.6 Å². The van der Waals surface area contributed by atoms with Crippen molar-refractivity contribution in [3.63, 3.8) is 0 Å². The molecule has 0 radical (unpaired) electrons. The summed E-state index contributed by atoms with van der Waals surface area (Å²) in [6.07, 6.45) is 0.409. The van der Waals surface area contributed by atoms with Crippen molar-refractivity contribution in [2.75, 3.05) is 0 Å². The van der Waals surface area contributed by atoms with E-state index in [1.807, 2.05) is 68.4 Å². The van der Waals surface area contributed by atoms with E-state index in [-0.39, 0.29) is 5.91 Å². The van der Waals surface area contributed by atoms with E-state index < -0.39 is 0 Å². The van der Waals surface area contributed by atoms with E-state index in [0.29, 0.717) is 6.42 Å². The zero-order valence-corrected chi connectivity index (χ0v) is 11.3. The second kappa shape index (κ2) is 6.10. The SMILES string of the molecule is CC.O=C1Cc2ccccc2C(c2ccccc2)=N1. The number of nitrogens with zero attached hydrogens (tertiary/aromatic N) is 1. The summed E-state index contributed by atoms with van der Waals surface area (Å²) in [4.78, 5) is 15.8. The van der Waals surface area contributed by atoms with Gasteiger partial charge in [-0.2, -0.15) is 0 Å². The van der Waals surface area contributed by atoms with Crippen LogP contribution in [0, 0.1) is 0 Å². The van der Waals surface area contributed by atoms with Crippen LogP contribution in [0.15, 0.2) is 59.6 Å². The number of amides is 1. The lowest BCUT2D eigenvalue weighted by Gasteiger charge is -2.15. The van der Waals surface area contributed by atoms with Gasteiger partial charge in [-0.3, -0.25) is 4.79 Å². The molecule has 2 nitrogen and oxygen atoms in total. The van der Waals surface area contributed by atoms with Gasteiger partial charge in [0.25, 0.3) is 5.91 Å². The second-order valence-corrected chi connectivity index (χ2v) is 4.05. The standard InChI is InChI=1S/C15H11NO.C2H6/c17-14-10-12-8-4-5-9-13(12)15(16-14)11-6-2-1-3-7-11;1-2/h1-9H,10H2;1-2H3. The maximum absolute atomic E-state index is 11.6. The van der Waals surface area contributed by atoms with Crippen LogP contribution in [0.1, 0.15) is 30.5 Å². The quantitative estimate of drug-likeness (QED) is 0.761. The van der Waals surface area contributed by atoms with Crippen LogP contribution < -0.4 is 0 Å². The van der Waals surface area contributed by atoms with Crippen molar-refractivity contribution >= 4 is 11.6 Å². The molecule has 0 unspecified atom stereocenters. The molecule has 2 aromatic carbocycles. The molecule has 0 atom stereocenters. The lowest BCUT2D eigenvalue weighted by molar-refractivity contribution is -0.117. The molecule has 3 rings (SSSR count). The van der Waals surface area contributed by atoms with Crippen LogP contribution in [0.4, 0.5) is 0 Å². The van der Waals surface area contributed by atoms with Gasteiger partial charge < -0.3 is 0 Å². The topological polar surface area (TPSA) is 29.4 Å².